The number of amides is 1. The largest absolute Gasteiger partial charge is 0.435 e. The summed E-state index contributed by atoms with van der Waals surface area (Å²) >= 11 is 0. The molecule has 0 saturated heterocycles. The number of carbonyl (C=O) groups is 1. The maximum atomic E-state index is 12.6. The van der Waals surface area contributed by atoms with E-state index in [1.54, 1.807) is 31.0 Å². The highest BCUT2D eigenvalue weighted by Gasteiger charge is 2.34. The second-order valence-corrected chi connectivity index (χ2v) is 5.37. The Hall–Kier alpha value is -2.32. The maximum Gasteiger partial charge on any atom is 0.435 e. The predicted molar refractivity (Wildman–Crippen MR) is 76.3 cm³/mol. The number of halogens is 3. The van der Waals surface area contributed by atoms with Crippen LogP contribution in [0.4, 0.5) is 13.2 Å². The van der Waals surface area contributed by atoms with E-state index in [2.05, 4.69) is 10.2 Å². The second-order valence-electron chi connectivity index (χ2n) is 5.37. The van der Waals surface area contributed by atoms with Crippen molar-refractivity contribution >= 4 is 5.91 Å². The van der Waals surface area contributed by atoms with E-state index in [-0.39, 0.29) is 18.9 Å². The van der Waals surface area contributed by atoms with Crippen molar-refractivity contribution < 1.29 is 18.0 Å². The van der Waals surface area contributed by atoms with Gasteiger partial charge in [-0.3, -0.25) is 14.2 Å². The lowest BCUT2D eigenvalue weighted by Gasteiger charge is -2.16. The summed E-state index contributed by atoms with van der Waals surface area (Å²) in [5.74, 6) is -0.181. The van der Waals surface area contributed by atoms with Crippen LogP contribution in [0.2, 0.25) is 0 Å². The number of aromatic nitrogens is 4. The molecule has 126 valence electrons. The zero-order valence-electron chi connectivity index (χ0n) is 13.1. The minimum atomic E-state index is -4.48. The molecule has 23 heavy (non-hydrogen) atoms. The van der Waals surface area contributed by atoms with Crippen LogP contribution < -0.4 is 0 Å². The number of hydrogen-bond donors (Lipinski definition) is 0. The fourth-order valence-electron chi connectivity index (χ4n) is 2.15. The predicted octanol–water partition coefficient (Wildman–Crippen LogP) is 1.99. The van der Waals surface area contributed by atoms with Gasteiger partial charge in [0.2, 0.25) is 5.91 Å². The first-order valence-corrected chi connectivity index (χ1v) is 7.01. The SMILES string of the molecule is Cc1cc(C(F)(F)F)nn1CCC(=O)N(C)Cc1ccn(C)n1. The summed E-state index contributed by atoms with van der Waals surface area (Å²) < 4.78 is 40.6. The first kappa shape index (κ1) is 17.0. The molecule has 9 heteroatoms. The van der Waals surface area contributed by atoms with Gasteiger partial charge in [-0.05, 0) is 19.1 Å². The molecule has 0 aromatic carbocycles. The molecule has 0 spiro atoms. The Bertz CT molecular complexity index is 689. The Labute approximate surface area is 131 Å². The van der Waals surface area contributed by atoms with Gasteiger partial charge in [0, 0.05) is 39.0 Å². The van der Waals surface area contributed by atoms with Crippen LogP contribution >= 0.6 is 0 Å². The molecule has 2 aromatic rings. The third-order valence-electron chi connectivity index (χ3n) is 3.40. The summed E-state index contributed by atoms with van der Waals surface area (Å²) in [5.41, 5.74) is 0.180. The summed E-state index contributed by atoms with van der Waals surface area (Å²) in [4.78, 5) is 13.6. The topological polar surface area (TPSA) is 56.0 Å². The van der Waals surface area contributed by atoms with Crippen molar-refractivity contribution in [3.63, 3.8) is 0 Å². The van der Waals surface area contributed by atoms with Crippen molar-refractivity contribution in [3.8, 4) is 0 Å². The van der Waals surface area contributed by atoms with Crippen LogP contribution in [0.3, 0.4) is 0 Å². The number of aryl methyl sites for hydroxylation is 3. The molecule has 6 nitrogen and oxygen atoms in total. The quantitative estimate of drug-likeness (QED) is 0.843. The molecule has 0 saturated carbocycles. The van der Waals surface area contributed by atoms with Crippen LogP contribution in [0.25, 0.3) is 0 Å². The van der Waals surface area contributed by atoms with E-state index < -0.39 is 11.9 Å². The number of nitrogens with zero attached hydrogens (tertiary/aromatic N) is 5. The second kappa shape index (κ2) is 6.43. The number of carbonyl (C=O) groups excluding carboxylic acids is 1. The number of alkyl halides is 3. The van der Waals surface area contributed by atoms with Crippen molar-refractivity contribution in [1.82, 2.24) is 24.5 Å². The Kier molecular flexibility index (Phi) is 4.76. The van der Waals surface area contributed by atoms with E-state index in [0.717, 1.165) is 11.8 Å². The highest BCUT2D eigenvalue weighted by atomic mass is 19.4. The summed E-state index contributed by atoms with van der Waals surface area (Å²) in [6.45, 7) is 1.99. The van der Waals surface area contributed by atoms with E-state index in [4.69, 9.17) is 0 Å². The van der Waals surface area contributed by atoms with Gasteiger partial charge in [0.25, 0.3) is 0 Å². The lowest BCUT2D eigenvalue weighted by molar-refractivity contribution is -0.141. The van der Waals surface area contributed by atoms with Crippen molar-refractivity contribution in [2.75, 3.05) is 7.05 Å². The zero-order valence-corrected chi connectivity index (χ0v) is 13.1. The molecule has 1 amide bonds. The van der Waals surface area contributed by atoms with Crippen LogP contribution in [0.5, 0.6) is 0 Å². The van der Waals surface area contributed by atoms with Gasteiger partial charge in [0.15, 0.2) is 5.69 Å². The van der Waals surface area contributed by atoms with Crippen LogP contribution in [0.1, 0.15) is 23.5 Å². The third kappa shape index (κ3) is 4.33. The average Bonchev–Trinajstić information content (AvgIpc) is 3.02. The Morgan fingerprint density at radius 3 is 2.57 bits per heavy atom. The summed E-state index contributed by atoms with van der Waals surface area (Å²) in [6, 6.07) is 2.78. The number of rotatable bonds is 5. The lowest BCUT2D eigenvalue weighted by atomic mass is 10.3. The average molecular weight is 329 g/mol. The molecule has 0 radical (unpaired) electrons. The van der Waals surface area contributed by atoms with Gasteiger partial charge in [0.05, 0.1) is 12.2 Å². The van der Waals surface area contributed by atoms with E-state index in [0.29, 0.717) is 12.2 Å². The van der Waals surface area contributed by atoms with Crippen molar-refractivity contribution in [3.05, 3.63) is 35.4 Å². The van der Waals surface area contributed by atoms with E-state index >= 15 is 0 Å². The standard InChI is InChI=1S/C14H18F3N5O/c1-10-8-12(14(15,16)17)19-22(10)7-5-13(23)20(2)9-11-4-6-21(3)18-11/h4,6,8H,5,7,9H2,1-3H3. The molecule has 2 aromatic heterocycles. The molecule has 0 aliphatic carbocycles. The fraction of sp³-hybridized carbons (Fsp3) is 0.500. The zero-order chi connectivity index (χ0) is 17.2. The highest BCUT2D eigenvalue weighted by Crippen LogP contribution is 2.28. The molecule has 0 aliphatic heterocycles. The molecule has 0 N–H and O–H groups in total. The van der Waals surface area contributed by atoms with Gasteiger partial charge in [-0.2, -0.15) is 23.4 Å². The Morgan fingerprint density at radius 1 is 1.35 bits per heavy atom. The van der Waals surface area contributed by atoms with Crippen LogP contribution in [-0.2, 0) is 31.1 Å². The summed E-state index contributed by atoms with van der Waals surface area (Å²) in [6.07, 6.45) is -2.63. The van der Waals surface area contributed by atoms with Gasteiger partial charge in [-0.1, -0.05) is 0 Å². The Morgan fingerprint density at radius 2 is 2.04 bits per heavy atom. The summed E-state index contributed by atoms with van der Waals surface area (Å²) in [7, 11) is 3.41. The smallest absolute Gasteiger partial charge is 0.340 e. The molecule has 0 fully saturated rings. The lowest BCUT2D eigenvalue weighted by Crippen LogP contribution is -2.27. The van der Waals surface area contributed by atoms with Crippen molar-refractivity contribution in [2.24, 2.45) is 7.05 Å². The molecule has 2 heterocycles. The third-order valence-corrected chi connectivity index (χ3v) is 3.40. The van der Waals surface area contributed by atoms with Gasteiger partial charge >= 0.3 is 6.18 Å². The molecular weight excluding hydrogens is 311 g/mol. The van der Waals surface area contributed by atoms with Gasteiger partial charge in [-0.25, -0.2) is 0 Å². The molecular formula is C14H18F3N5O. The highest BCUT2D eigenvalue weighted by molar-refractivity contribution is 5.75. The van der Waals surface area contributed by atoms with Gasteiger partial charge < -0.3 is 4.90 Å². The van der Waals surface area contributed by atoms with E-state index in [1.807, 2.05) is 0 Å². The fourth-order valence-corrected chi connectivity index (χ4v) is 2.15. The van der Waals surface area contributed by atoms with Gasteiger partial charge in [-0.15, -0.1) is 0 Å². The minimum absolute atomic E-state index is 0.0726. The number of hydrogen-bond acceptors (Lipinski definition) is 3. The van der Waals surface area contributed by atoms with E-state index in [9.17, 15) is 18.0 Å². The van der Waals surface area contributed by atoms with Crippen LogP contribution in [-0.4, -0.2) is 37.4 Å². The van der Waals surface area contributed by atoms with Gasteiger partial charge in [0.1, 0.15) is 0 Å². The van der Waals surface area contributed by atoms with Crippen molar-refractivity contribution in [1.29, 1.82) is 0 Å². The summed E-state index contributed by atoms with van der Waals surface area (Å²) in [5, 5.41) is 7.68. The first-order valence-electron chi connectivity index (χ1n) is 7.01. The van der Waals surface area contributed by atoms with Crippen molar-refractivity contribution in [2.45, 2.75) is 32.6 Å². The van der Waals surface area contributed by atoms with Crippen LogP contribution in [0, 0.1) is 6.92 Å². The Balaban J connectivity index is 1.92. The molecule has 0 bridgehead atoms. The normalized spacial score (nSPS) is 11.7. The maximum absolute atomic E-state index is 12.6. The minimum Gasteiger partial charge on any atom is -0.340 e. The molecule has 2 rings (SSSR count). The van der Waals surface area contributed by atoms with E-state index in [1.165, 1.54) is 16.5 Å². The molecule has 0 aliphatic rings. The first-order chi connectivity index (χ1) is 10.7. The molecule has 0 atom stereocenters. The molecule has 0 unspecified atom stereocenters. The van der Waals surface area contributed by atoms with Crippen LogP contribution in [0.15, 0.2) is 18.3 Å². The monoisotopic (exact) mass is 329 g/mol.